The lowest BCUT2D eigenvalue weighted by atomic mass is 10.1. The van der Waals surface area contributed by atoms with Crippen molar-refractivity contribution in [1.29, 1.82) is 0 Å². The second-order valence-corrected chi connectivity index (χ2v) is 5.99. The molecule has 0 atom stereocenters. The maximum absolute atomic E-state index is 14.2. The van der Waals surface area contributed by atoms with Gasteiger partial charge in [-0.3, -0.25) is 4.68 Å². The van der Waals surface area contributed by atoms with Crippen LogP contribution in [0.2, 0.25) is 0 Å². The van der Waals surface area contributed by atoms with Crippen LogP contribution in [0.3, 0.4) is 0 Å². The number of hydrogen-bond donors (Lipinski definition) is 1. The molecule has 6 nitrogen and oxygen atoms in total. The van der Waals surface area contributed by atoms with Crippen LogP contribution in [0.5, 0.6) is 0 Å². The fourth-order valence-electron chi connectivity index (χ4n) is 2.67. The smallest absolute Gasteiger partial charge is 0.167 e. The molecule has 3 heterocycles. The van der Waals surface area contributed by atoms with E-state index in [0.29, 0.717) is 28.2 Å². The van der Waals surface area contributed by atoms with E-state index in [0.717, 1.165) is 24.8 Å². The summed E-state index contributed by atoms with van der Waals surface area (Å²) in [4.78, 5) is 3.91. The normalized spacial score (nSPS) is 15.1. The number of nitrogen functional groups attached to an aromatic ring is 1. The molecule has 1 aliphatic rings. The van der Waals surface area contributed by atoms with Crippen molar-refractivity contribution in [2.45, 2.75) is 38.6 Å². The van der Waals surface area contributed by atoms with Gasteiger partial charge < -0.3 is 10.3 Å². The lowest BCUT2D eigenvalue weighted by Crippen LogP contribution is -2.04. The Labute approximate surface area is 126 Å². The Bertz CT molecular complexity index is 862. The first-order valence-corrected chi connectivity index (χ1v) is 7.35. The van der Waals surface area contributed by atoms with Gasteiger partial charge in [0, 0.05) is 18.0 Å². The molecule has 0 aliphatic heterocycles. The topological polar surface area (TPSA) is 82.8 Å². The van der Waals surface area contributed by atoms with E-state index in [9.17, 15) is 4.39 Å². The molecule has 0 saturated heterocycles. The third-order valence-electron chi connectivity index (χ3n) is 3.95. The van der Waals surface area contributed by atoms with Gasteiger partial charge in [0.1, 0.15) is 28.5 Å². The second kappa shape index (κ2) is 4.53. The van der Waals surface area contributed by atoms with Crippen LogP contribution < -0.4 is 5.73 Å². The van der Waals surface area contributed by atoms with Gasteiger partial charge in [-0.25, -0.2) is 9.37 Å². The number of pyridine rings is 1. The molecule has 1 aliphatic carbocycles. The fraction of sp³-hybridized carbons (Fsp3) is 0.400. The molecule has 114 valence electrons. The summed E-state index contributed by atoms with van der Waals surface area (Å²) in [6.45, 7) is 3.87. The Morgan fingerprint density at radius 1 is 1.41 bits per heavy atom. The van der Waals surface area contributed by atoms with Gasteiger partial charge >= 0.3 is 0 Å². The average Bonchev–Trinajstić information content (AvgIpc) is 3.07. The van der Waals surface area contributed by atoms with E-state index in [2.05, 4.69) is 15.2 Å². The first-order valence-electron chi connectivity index (χ1n) is 7.35. The molecule has 0 bridgehead atoms. The molecule has 2 N–H and O–H groups in total. The fourth-order valence-corrected chi connectivity index (χ4v) is 2.67. The zero-order valence-corrected chi connectivity index (χ0v) is 12.4. The summed E-state index contributed by atoms with van der Waals surface area (Å²) >= 11 is 0. The van der Waals surface area contributed by atoms with E-state index >= 15 is 0 Å². The van der Waals surface area contributed by atoms with Gasteiger partial charge in [-0.15, -0.1) is 0 Å². The Hall–Kier alpha value is -2.44. The van der Waals surface area contributed by atoms with Crippen LogP contribution >= 0.6 is 0 Å². The molecule has 0 radical (unpaired) electrons. The summed E-state index contributed by atoms with van der Waals surface area (Å²) in [5, 5.41) is 9.08. The van der Waals surface area contributed by atoms with E-state index in [4.69, 9.17) is 10.3 Å². The van der Waals surface area contributed by atoms with E-state index in [-0.39, 0.29) is 11.9 Å². The maximum Gasteiger partial charge on any atom is 0.167 e. The van der Waals surface area contributed by atoms with Crippen molar-refractivity contribution in [1.82, 2.24) is 19.9 Å². The van der Waals surface area contributed by atoms with E-state index in [1.165, 1.54) is 0 Å². The van der Waals surface area contributed by atoms with Crippen molar-refractivity contribution in [3.8, 4) is 11.4 Å². The van der Waals surface area contributed by atoms with Crippen molar-refractivity contribution in [2.24, 2.45) is 0 Å². The molecule has 22 heavy (non-hydrogen) atoms. The number of fused-ring (bicyclic) bond motifs is 1. The van der Waals surface area contributed by atoms with Crippen LogP contribution in [0.25, 0.3) is 22.3 Å². The lowest BCUT2D eigenvalue weighted by Gasteiger charge is -2.07. The van der Waals surface area contributed by atoms with Gasteiger partial charge in [0.05, 0.1) is 11.6 Å². The highest BCUT2D eigenvalue weighted by atomic mass is 19.1. The Morgan fingerprint density at radius 2 is 2.18 bits per heavy atom. The molecule has 0 unspecified atom stereocenters. The van der Waals surface area contributed by atoms with E-state index < -0.39 is 5.82 Å². The summed E-state index contributed by atoms with van der Waals surface area (Å²) in [6.07, 6.45) is 3.36. The molecular weight excluding hydrogens is 285 g/mol. The van der Waals surface area contributed by atoms with Crippen LogP contribution in [0.4, 0.5) is 10.2 Å². The highest BCUT2D eigenvalue weighted by Gasteiger charge is 2.29. The second-order valence-electron chi connectivity index (χ2n) is 5.99. The number of halogens is 1. The van der Waals surface area contributed by atoms with Gasteiger partial charge in [0.2, 0.25) is 0 Å². The predicted octanol–water partition coefficient (Wildman–Crippen LogP) is 3.27. The first kappa shape index (κ1) is 13.2. The summed E-state index contributed by atoms with van der Waals surface area (Å²) in [5.41, 5.74) is 7.41. The van der Waals surface area contributed by atoms with Crippen LogP contribution in [-0.4, -0.2) is 19.9 Å². The number of nitrogens with two attached hydrogens (primary N) is 1. The molecule has 1 saturated carbocycles. The Morgan fingerprint density at radius 3 is 2.86 bits per heavy atom. The zero-order valence-electron chi connectivity index (χ0n) is 12.4. The number of aromatic nitrogens is 4. The maximum atomic E-state index is 14.2. The molecule has 3 aromatic rings. The Kier molecular flexibility index (Phi) is 2.72. The molecule has 1 fully saturated rings. The summed E-state index contributed by atoms with van der Waals surface area (Å²) in [5.74, 6) is 1.11. The van der Waals surface area contributed by atoms with E-state index in [1.54, 1.807) is 4.68 Å². The van der Waals surface area contributed by atoms with Gasteiger partial charge in [-0.2, -0.15) is 5.10 Å². The minimum Gasteiger partial charge on any atom is -0.383 e. The molecule has 0 aromatic carbocycles. The van der Waals surface area contributed by atoms with Crippen molar-refractivity contribution < 1.29 is 8.91 Å². The molecule has 0 spiro atoms. The average molecular weight is 301 g/mol. The number of hydrogen-bond acceptors (Lipinski definition) is 5. The molecule has 7 heteroatoms. The van der Waals surface area contributed by atoms with Crippen LogP contribution in [0, 0.1) is 5.82 Å². The van der Waals surface area contributed by atoms with Crippen LogP contribution in [0.1, 0.15) is 44.4 Å². The third kappa shape index (κ3) is 1.88. The number of anilines is 1. The molecule has 4 rings (SSSR count). The number of nitrogens with zero attached hydrogens (tertiary/aromatic N) is 4. The summed E-state index contributed by atoms with van der Waals surface area (Å²) < 4.78 is 21.2. The molecule has 3 aromatic heterocycles. The van der Waals surface area contributed by atoms with Crippen molar-refractivity contribution in [2.75, 3.05) is 5.73 Å². The van der Waals surface area contributed by atoms with Crippen LogP contribution in [0.15, 0.2) is 16.8 Å². The van der Waals surface area contributed by atoms with Gasteiger partial charge in [0.25, 0.3) is 0 Å². The highest BCUT2D eigenvalue weighted by Crippen LogP contribution is 2.42. The SMILES string of the molecule is CC(C)n1nc(-c2cc(C3CC3)on2)c2c(N)ncc(F)c21. The monoisotopic (exact) mass is 301 g/mol. The zero-order chi connectivity index (χ0) is 15.4. The quantitative estimate of drug-likeness (QED) is 0.802. The summed E-state index contributed by atoms with van der Waals surface area (Å²) in [7, 11) is 0. The number of rotatable bonds is 3. The van der Waals surface area contributed by atoms with Crippen molar-refractivity contribution >= 4 is 16.7 Å². The van der Waals surface area contributed by atoms with Crippen molar-refractivity contribution in [3.05, 3.63) is 23.8 Å². The summed E-state index contributed by atoms with van der Waals surface area (Å²) in [6, 6.07) is 1.86. The van der Waals surface area contributed by atoms with Gasteiger partial charge in [-0.05, 0) is 26.7 Å². The minimum atomic E-state index is -0.442. The highest BCUT2D eigenvalue weighted by molar-refractivity contribution is 5.99. The van der Waals surface area contributed by atoms with Gasteiger partial charge in [0.15, 0.2) is 5.82 Å². The standard InChI is InChI=1S/C15H16FN5O/c1-7(2)21-14-9(16)6-18-15(17)12(14)13(19-21)10-5-11(22-20-10)8-3-4-8/h5-8H,3-4H2,1-2H3,(H2,17,18). The largest absolute Gasteiger partial charge is 0.383 e. The van der Waals surface area contributed by atoms with E-state index in [1.807, 2.05) is 19.9 Å². The molecule has 0 amide bonds. The Balaban J connectivity index is 1.98. The lowest BCUT2D eigenvalue weighted by molar-refractivity contribution is 0.386. The van der Waals surface area contributed by atoms with Crippen LogP contribution in [-0.2, 0) is 0 Å². The predicted molar refractivity (Wildman–Crippen MR) is 79.8 cm³/mol. The molecular formula is C15H16FN5O. The van der Waals surface area contributed by atoms with Gasteiger partial charge in [-0.1, -0.05) is 5.16 Å². The third-order valence-corrected chi connectivity index (χ3v) is 3.95. The minimum absolute atomic E-state index is 0.0117. The first-order chi connectivity index (χ1) is 10.6. The van der Waals surface area contributed by atoms with Crippen molar-refractivity contribution in [3.63, 3.8) is 0 Å².